The first-order chi connectivity index (χ1) is 27.6. The Morgan fingerprint density at radius 3 is 2.43 bits per heavy atom. The van der Waals surface area contributed by atoms with Crippen molar-refractivity contribution in [2.45, 2.75) is 117 Å². The van der Waals surface area contributed by atoms with Gasteiger partial charge >= 0.3 is 12.1 Å². The largest absolute Gasteiger partial charge is 0.491 e. The molecule has 15 heteroatoms. The molecule has 58 heavy (non-hydrogen) atoms. The Balaban J connectivity index is 1.19. The number of carboxylic acids is 1. The smallest absolute Gasteiger partial charge is 0.408 e. The number of aromatic nitrogens is 2. The monoisotopic (exact) mass is 819 g/mol. The zero-order valence-corrected chi connectivity index (χ0v) is 35.4. The number of benzene rings is 1. The topological polar surface area (TPSA) is 179 Å². The van der Waals surface area contributed by atoms with Crippen LogP contribution in [-0.2, 0) is 23.9 Å². The number of nitrogens with zero attached hydrogens (tertiary/aromatic N) is 3. The maximum atomic E-state index is 14.7. The van der Waals surface area contributed by atoms with E-state index in [4.69, 9.17) is 28.9 Å². The van der Waals surface area contributed by atoms with Crippen LogP contribution in [-0.4, -0.2) is 101 Å². The molecule has 3 saturated carbocycles. The van der Waals surface area contributed by atoms with Gasteiger partial charge in [-0.15, -0.1) is 11.3 Å². The third-order valence-electron chi connectivity index (χ3n) is 12.2. The Bertz CT molecular complexity index is 2020. The zero-order valence-electron chi connectivity index (χ0n) is 34.5. The number of carbonyl (C=O) groups is 4. The molecule has 1 aromatic carbocycles. The zero-order chi connectivity index (χ0) is 41.5. The number of Topliss-reactive ketones (excluding diaryl/α,β-unsaturated/α-hetero) is 1. The third-order valence-corrected chi connectivity index (χ3v) is 13.0. The molecule has 3 aromatic rings. The molecule has 4 aliphatic rings. The normalized spacial score (nSPS) is 26.6. The summed E-state index contributed by atoms with van der Waals surface area (Å²) in [6.07, 6.45) is 2.39. The number of carboxylic acid groups (broad SMARTS) is 1. The Morgan fingerprint density at radius 2 is 1.78 bits per heavy atom. The highest BCUT2D eigenvalue weighted by Gasteiger charge is 2.61. The van der Waals surface area contributed by atoms with E-state index in [2.05, 4.69) is 10.6 Å². The van der Waals surface area contributed by atoms with Crippen molar-refractivity contribution >= 4 is 51.1 Å². The molecule has 3 heterocycles. The fourth-order valence-electron chi connectivity index (χ4n) is 8.83. The SMILES string of the molecule is CC[C@@H]1C[C@]1(CC(=O)[C@@H]1C[C@@H](Oc2cc(-c3csc(NC(C)C)n3)nc3cc(OCCOC)ccc23)CN1C(=O)[C@@H](NC(=O)OC1C[C@@H]2C[C@@H]2C1)C(C)(C)C)C(=O)O. The molecule has 8 atom stereocenters. The van der Waals surface area contributed by atoms with Crippen molar-refractivity contribution in [3.05, 3.63) is 29.6 Å². The number of amides is 2. The Morgan fingerprint density at radius 1 is 1.02 bits per heavy atom. The van der Waals surface area contributed by atoms with E-state index in [1.807, 2.05) is 71.2 Å². The number of likely N-dealkylation sites (tertiary alicyclic amines) is 1. The molecule has 14 nitrogen and oxygen atoms in total. The summed E-state index contributed by atoms with van der Waals surface area (Å²) in [4.78, 5) is 66.1. The molecule has 3 aliphatic carbocycles. The number of pyridine rings is 1. The van der Waals surface area contributed by atoms with Crippen LogP contribution in [0.1, 0.15) is 86.5 Å². The van der Waals surface area contributed by atoms with Gasteiger partial charge in [0.2, 0.25) is 5.91 Å². The Labute approximate surface area is 343 Å². The number of hydrogen-bond donors (Lipinski definition) is 3. The summed E-state index contributed by atoms with van der Waals surface area (Å²) < 4.78 is 23.6. The van der Waals surface area contributed by atoms with Gasteiger partial charge in [0.1, 0.15) is 42.0 Å². The quantitative estimate of drug-likeness (QED) is 0.120. The van der Waals surface area contributed by atoms with Crippen molar-refractivity contribution in [3.8, 4) is 22.9 Å². The van der Waals surface area contributed by atoms with Gasteiger partial charge in [0, 0.05) is 48.9 Å². The number of hydrogen-bond acceptors (Lipinski definition) is 12. The van der Waals surface area contributed by atoms with Crippen molar-refractivity contribution in [2.24, 2.45) is 28.6 Å². The van der Waals surface area contributed by atoms with E-state index in [0.29, 0.717) is 71.7 Å². The predicted molar refractivity (Wildman–Crippen MR) is 219 cm³/mol. The second kappa shape index (κ2) is 16.6. The Kier molecular flexibility index (Phi) is 11.9. The van der Waals surface area contributed by atoms with Crippen LogP contribution in [0.3, 0.4) is 0 Å². The number of ether oxygens (including phenoxy) is 4. The molecule has 2 aromatic heterocycles. The highest BCUT2D eigenvalue weighted by molar-refractivity contribution is 7.14. The van der Waals surface area contributed by atoms with E-state index in [0.717, 1.165) is 18.0 Å². The third kappa shape index (κ3) is 9.05. The molecular weight excluding hydrogens is 763 g/mol. The number of alkyl carbamates (subject to hydrolysis) is 1. The van der Waals surface area contributed by atoms with Crippen molar-refractivity contribution in [2.75, 3.05) is 32.2 Å². The van der Waals surface area contributed by atoms with Gasteiger partial charge in [0.15, 0.2) is 10.9 Å². The second-order valence-corrected chi connectivity index (χ2v) is 18.8. The maximum absolute atomic E-state index is 14.7. The molecule has 1 aliphatic heterocycles. The van der Waals surface area contributed by atoms with Gasteiger partial charge in [-0.1, -0.05) is 34.1 Å². The number of fused-ring (bicyclic) bond motifs is 2. The standard InChI is InChI=1S/C43H57N5O9S/c1-8-26-19-43(26,39(51)52)20-35(49)34-17-29(21-48(34)38(50)37(42(4,5)6)47-41(53)57-28-14-24-13-25(24)15-28)56-36-18-32(33-22-58-40(46-33)44-23(2)3)45-31-16-27(9-10-30(31)36)55-12-11-54-7/h9-10,16,18,22-26,28-29,34,37H,8,11-15,17,19-21H2,1-7H3,(H,44,46)(H,47,53)(H,51,52)/t24-,25+,26-,28?,29-,34+,37-,43-/m1/s1. The summed E-state index contributed by atoms with van der Waals surface area (Å²) in [5.74, 6) is 0.441. The first kappa shape index (κ1) is 41.7. The van der Waals surface area contributed by atoms with Crippen LogP contribution in [0, 0.1) is 28.6 Å². The molecule has 0 radical (unpaired) electrons. The number of rotatable bonds is 17. The molecule has 7 rings (SSSR count). The van der Waals surface area contributed by atoms with E-state index in [9.17, 15) is 24.3 Å². The van der Waals surface area contributed by atoms with Gasteiger partial charge in [0.25, 0.3) is 0 Å². The molecular formula is C43H57N5O9S. The number of nitrogens with one attached hydrogen (secondary N) is 2. The van der Waals surface area contributed by atoms with Crippen molar-refractivity contribution in [1.29, 1.82) is 0 Å². The van der Waals surface area contributed by atoms with Gasteiger partial charge in [0.05, 0.1) is 35.8 Å². The summed E-state index contributed by atoms with van der Waals surface area (Å²) in [5.41, 5.74) is -0.0754. The number of anilines is 1. The molecule has 4 fully saturated rings. The van der Waals surface area contributed by atoms with E-state index < -0.39 is 47.0 Å². The van der Waals surface area contributed by atoms with Crippen LogP contribution in [0.5, 0.6) is 11.5 Å². The molecule has 314 valence electrons. The van der Waals surface area contributed by atoms with E-state index in [1.54, 1.807) is 7.11 Å². The lowest BCUT2D eigenvalue weighted by Crippen LogP contribution is -2.57. The fraction of sp³-hybridized carbons (Fsp3) is 0.628. The van der Waals surface area contributed by atoms with Crippen LogP contribution in [0.25, 0.3) is 22.3 Å². The minimum Gasteiger partial charge on any atom is -0.491 e. The van der Waals surface area contributed by atoms with Crippen molar-refractivity contribution < 1.29 is 43.2 Å². The number of aliphatic carboxylic acids is 1. The van der Waals surface area contributed by atoms with Crippen LogP contribution in [0.2, 0.25) is 0 Å². The molecule has 0 bridgehead atoms. The molecule has 2 amide bonds. The summed E-state index contributed by atoms with van der Waals surface area (Å²) in [5, 5.41) is 19.8. The second-order valence-electron chi connectivity index (χ2n) is 18.0. The summed E-state index contributed by atoms with van der Waals surface area (Å²) in [6, 6.07) is 5.54. The molecule has 0 spiro atoms. The van der Waals surface area contributed by atoms with E-state index >= 15 is 0 Å². The average Bonchev–Trinajstić information content (AvgIpc) is 3.83. The van der Waals surface area contributed by atoms with Gasteiger partial charge in [-0.25, -0.2) is 14.8 Å². The number of methoxy groups -OCH3 is 1. The number of ketones is 1. The fourth-order valence-corrected chi connectivity index (χ4v) is 9.68. The summed E-state index contributed by atoms with van der Waals surface area (Å²) >= 11 is 1.47. The number of carbonyl (C=O) groups excluding carboxylic acids is 3. The lowest BCUT2D eigenvalue weighted by molar-refractivity contribution is -0.147. The predicted octanol–water partition coefficient (Wildman–Crippen LogP) is 6.95. The van der Waals surface area contributed by atoms with E-state index in [-0.39, 0.29) is 43.2 Å². The first-order valence-corrected chi connectivity index (χ1v) is 21.5. The highest BCUT2D eigenvalue weighted by Crippen LogP contribution is 2.58. The lowest BCUT2D eigenvalue weighted by atomic mass is 9.85. The van der Waals surface area contributed by atoms with Crippen molar-refractivity contribution in [1.82, 2.24) is 20.2 Å². The average molecular weight is 820 g/mol. The first-order valence-electron chi connectivity index (χ1n) is 20.6. The van der Waals surface area contributed by atoms with E-state index in [1.165, 1.54) is 22.7 Å². The van der Waals surface area contributed by atoms with Gasteiger partial charge in [-0.05, 0) is 74.8 Å². The van der Waals surface area contributed by atoms with Gasteiger partial charge in [-0.3, -0.25) is 14.4 Å². The molecule has 1 unspecified atom stereocenters. The molecule has 3 N–H and O–H groups in total. The Hall–Kier alpha value is -4.50. The van der Waals surface area contributed by atoms with Gasteiger partial charge in [-0.2, -0.15) is 0 Å². The number of thiazole rings is 1. The minimum absolute atomic E-state index is 0.0400. The summed E-state index contributed by atoms with van der Waals surface area (Å²) in [7, 11) is 1.61. The summed E-state index contributed by atoms with van der Waals surface area (Å²) in [6.45, 7) is 12.4. The maximum Gasteiger partial charge on any atom is 0.408 e. The van der Waals surface area contributed by atoms with Crippen LogP contribution < -0.4 is 20.1 Å². The van der Waals surface area contributed by atoms with Crippen LogP contribution >= 0.6 is 11.3 Å². The molecule has 1 saturated heterocycles. The minimum atomic E-state index is -1.15. The van der Waals surface area contributed by atoms with Crippen LogP contribution in [0.4, 0.5) is 9.93 Å². The highest BCUT2D eigenvalue weighted by atomic mass is 32.1. The lowest BCUT2D eigenvalue weighted by Gasteiger charge is -2.35. The van der Waals surface area contributed by atoms with Crippen LogP contribution in [0.15, 0.2) is 29.6 Å². The van der Waals surface area contributed by atoms with Crippen molar-refractivity contribution in [3.63, 3.8) is 0 Å². The van der Waals surface area contributed by atoms with Gasteiger partial charge < -0.3 is 39.6 Å².